The van der Waals surface area contributed by atoms with Gasteiger partial charge < -0.3 is 5.64 Å². The van der Waals surface area contributed by atoms with Crippen LogP contribution in [0.4, 0.5) is 0 Å². The van der Waals surface area contributed by atoms with Crippen molar-refractivity contribution in [2.45, 2.75) is 6.32 Å². The van der Waals surface area contributed by atoms with E-state index in [2.05, 4.69) is 22.0 Å². The topological polar surface area (TPSA) is 26.0 Å². The van der Waals surface area contributed by atoms with Gasteiger partial charge in [0.25, 0.3) is 0 Å². The van der Waals surface area contributed by atoms with Crippen LogP contribution in [0.15, 0.2) is 0 Å². The largest absolute Gasteiger partial charge is 0.374 e. The Morgan fingerprint density at radius 1 is 1.83 bits per heavy atom. The number of rotatable bonds is 3. The minimum Gasteiger partial charge on any atom is -0.374 e. The van der Waals surface area contributed by atoms with Gasteiger partial charge in [-0.3, -0.25) is 0 Å². The Kier molecular flexibility index (Phi) is 7.41. The van der Waals surface area contributed by atoms with E-state index >= 15 is 0 Å². The lowest BCUT2D eigenvalue weighted by molar-refractivity contribution is 1.46. The summed E-state index contributed by atoms with van der Waals surface area (Å²) in [7, 11) is 1.71. The molecule has 1 unspecified atom stereocenters. The van der Waals surface area contributed by atoms with E-state index in [9.17, 15) is 0 Å². The summed E-state index contributed by atoms with van der Waals surface area (Å²) in [5.41, 5.74) is 5.09. The molecule has 0 saturated heterocycles. The third-order valence-electron chi connectivity index (χ3n) is 0.405. The molecule has 35 valence electrons. The molecule has 0 amide bonds. The van der Waals surface area contributed by atoms with Crippen LogP contribution in [-0.4, -0.2) is 13.6 Å². The molecule has 4 heteroatoms. The average Bonchev–Trinajstić information content (AvgIpc) is 1.61. The Hall–Kier alpha value is 1.18. The quantitative estimate of drug-likeness (QED) is 0.322. The van der Waals surface area contributed by atoms with Crippen LogP contribution in [0.2, 0.25) is 6.32 Å². The van der Waals surface area contributed by atoms with Crippen molar-refractivity contribution < 1.29 is 0 Å². The van der Waals surface area contributed by atoms with E-state index in [1.165, 1.54) is 6.16 Å². The fourth-order valence-electron chi connectivity index (χ4n) is 0.138. The summed E-state index contributed by atoms with van der Waals surface area (Å²) in [6.45, 7) is 0. The van der Waals surface area contributed by atoms with Gasteiger partial charge in [0.05, 0.1) is 0 Å². The minimum absolute atomic E-state index is 1.02. The fraction of sp³-hybridized carbons (Fsp3) is 1.00. The Morgan fingerprint density at radius 2 is 2.50 bits per heavy atom. The highest BCUT2D eigenvalue weighted by Gasteiger charge is 1.79. The smallest absolute Gasteiger partial charge is 0.202 e. The van der Waals surface area contributed by atoms with E-state index < -0.39 is 0 Å². The first-order valence-corrected chi connectivity index (χ1v) is 6.11. The van der Waals surface area contributed by atoms with E-state index in [4.69, 9.17) is 5.64 Å². The highest BCUT2D eigenvalue weighted by molar-refractivity contribution is 14.2. The third-order valence-corrected chi connectivity index (χ3v) is 2.50. The standard InChI is InChI=1S/C2H7BINP/c4-6-2-1-3-5/h6H,1-2,5H2. The maximum absolute atomic E-state index is 5.09. The summed E-state index contributed by atoms with van der Waals surface area (Å²) >= 11 is 2.36. The fourth-order valence-corrected chi connectivity index (χ4v) is 1.35. The van der Waals surface area contributed by atoms with Crippen molar-refractivity contribution in [2.24, 2.45) is 5.64 Å². The second kappa shape index (κ2) is 6.18. The molecule has 0 bridgehead atoms. The molecule has 0 aromatic carbocycles. The van der Waals surface area contributed by atoms with Gasteiger partial charge in [0.2, 0.25) is 7.41 Å². The van der Waals surface area contributed by atoms with Gasteiger partial charge in [-0.1, -0.05) is 34.6 Å². The lowest BCUT2D eigenvalue weighted by Gasteiger charge is -1.83. The highest BCUT2D eigenvalue weighted by atomic mass is 127. The molecule has 2 N–H and O–H groups in total. The Bertz CT molecular complexity index is 25.5. The Balaban J connectivity index is 2.34. The summed E-state index contributed by atoms with van der Waals surface area (Å²) in [4.78, 5) is 0. The highest BCUT2D eigenvalue weighted by Crippen LogP contribution is 2.20. The van der Waals surface area contributed by atoms with Crippen LogP contribution in [0, 0.1) is 0 Å². The molecular formula is C2H7BINP. The molecule has 0 saturated carbocycles. The van der Waals surface area contributed by atoms with Crippen molar-refractivity contribution in [1.82, 2.24) is 0 Å². The van der Waals surface area contributed by atoms with Gasteiger partial charge >= 0.3 is 0 Å². The van der Waals surface area contributed by atoms with Crippen LogP contribution in [0.25, 0.3) is 0 Å². The molecule has 0 spiro atoms. The zero-order valence-corrected chi connectivity index (χ0v) is 6.60. The van der Waals surface area contributed by atoms with Crippen molar-refractivity contribution in [3.8, 4) is 0 Å². The zero-order chi connectivity index (χ0) is 4.83. The van der Waals surface area contributed by atoms with Crippen molar-refractivity contribution in [3.05, 3.63) is 0 Å². The molecule has 0 aliphatic carbocycles. The first-order chi connectivity index (χ1) is 2.91. The van der Waals surface area contributed by atoms with Crippen molar-refractivity contribution in [3.63, 3.8) is 0 Å². The summed E-state index contributed by atoms with van der Waals surface area (Å²) in [5.74, 6) is 0. The first kappa shape index (κ1) is 7.18. The van der Waals surface area contributed by atoms with E-state index in [-0.39, 0.29) is 0 Å². The SMILES string of the molecule is N[B]CCPI. The van der Waals surface area contributed by atoms with Crippen LogP contribution in [0.5, 0.6) is 0 Å². The second-order valence-corrected chi connectivity index (χ2v) is 3.96. The molecule has 0 aliphatic heterocycles. The molecule has 0 aliphatic rings. The van der Waals surface area contributed by atoms with E-state index in [0.717, 1.165) is 12.5 Å². The summed E-state index contributed by atoms with van der Waals surface area (Å²) in [6.07, 6.45) is 3.34. The van der Waals surface area contributed by atoms with Gasteiger partial charge in [-0.25, -0.2) is 0 Å². The van der Waals surface area contributed by atoms with Crippen LogP contribution in [-0.2, 0) is 0 Å². The molecule has 0 fully saturated rings. The van der Waals surface area contributed by atoms with Gasteiger partial charge in [0.15, 0.2) is 0 Å². The van der Waals surface area contributed by atoms with Gasteiger partial charge in [0, 0.05) is 0 Å². The summed E-state index contributed by atoms with van der Waals surface area (Å²) in [6, 6.07) is 0. The van der Waals surface area contributed by atoms with Crippen LogP contribution >= 0.6 is 28.3 Å². The van der Waals surface area contributed by atoms with Gasteiger partial charge in [-0.2, -0.15) is 0 Å². The molecule has 1 radical (unpaired) electrons. The molecule has 0 aromatic heterocycles. The molecule has 6 heavy (non-hydrogen) atoms. The second-order valence-electron chi connectivity index (χ2n) is 0.908. The number of hydrogen-bond acceptors (Lipinski definition) is 1. The maximum atomic E-state index is 5.09. The van der Waals surface area contributed by atoms with Crippen molar-refractivity contribution >= 4 is 35.7 Å². The van der Waals surface area contributed by atoms with Crippen LogP contribution in [0.3, 0.4) is 0 Å². The molecule has 1 atom stereocenters. The van der Waals surface area contributed by atoms with Gasteiger partial charge in [0.1, 0.15) is 0 Å². The predicted octanol–water partition coefficient (Wildman–Crippen LogP) is 1.01. The number of halogens is 1. The lowest BCUT2D eigenvalue weighted by atomic mass is 9.94. The molecular weight excluding hydrogens is 207 g/mol. The molecule has 1 nitrogen and oxygen atoms in total. The number of hydrogen-bond donors (Lipinski definition) is 1. The Labute approximate surface area is 54.0 Å². The first-order valence-electron chi connectivity index (χ1n) is 1.78. The maximum Gasteiger partial charge on any atom is 0.202 e. The van der Waals surface area contributed by atoms with Crippen molar-refractivity contribution in [1.29, 1.82) is 0 Å². The minimum atomic E-state index is 1.02. The molecule has 0 rings (SSSR count). The summed E-state index contributed by atoms with van der Waals surface area (Å²) in [5, 5.41) is 0. The zero-order valence-electron chi connectivity index (χ0n) is 3.45. The van der Waals surface area contributed by atoms with E-state index in [1.807, 2.05) is 0 Å². The van der Waals surface area contributed by atoms with Crippen LogP contribution < -0.4 is 5.64 Å². The van der Waals surface area contributed by atoms with E-state index in [1.54, 1.807) is 7.41 Å². The van der Waals surface area contributed by atoms with Crippen LogP contribution in [0.1, 0.15) is 0 Å². The molecule has 0 heterocycles. The Morgan fingerprint density at radius 3 is 2.67 bits per heavy atom. The van der Waals surface area contributed by atoms with Gasteiger partial charge in [-0.15, -0.1) is 0 Å². The normalized spacial score (nSPS) is 10.3. The lowest BCUT2D eigenvalue weighted by Crippen LogP contribution is -2.02. The summed E-state index contributed by atoms with van der Waals surface area (Å²) < 4.78 is 0. The van der Waals surface area contributed by atoms with Crippen molar-refractivity contribution in [2.75, 3.05) is 6.16 Å². The predicted molar refractivity (Wildman–Crippen MR) is 42.0 cm³/mol. The van der Waals surface area contributed by atoms with E-state index in [0.29, 0.717) is 0 Å². The number of nitrogens with two attached hydrogens (primary N) is 1. The van der Waals surface area contributed by atoms with Gasteiger partial charge in [-0.05, 0) is 6.16 Å². The molecule has 0 aromatic rings. The third kappa shape index (κ3) is 5.18. The average molecular weight is 214 g/mol. The monoisotopic (exact) mass is 214 g/mol.